The molecule has 1 aliphatic rings. The van der Waals surface area contributed by atoms with Crippen LogP contribution in [-0.2, 0) is 19.5 Å². The van der Waals surface area contributed by atoms with Gasteiger partial charge in [-0.2, -0.15) is 0 Å². The largest absolute Gasteiger partial charge is 0.495 e. The fourth-order valence-electron chi connectivity index (χ4n) is 3.34. The summed E-state index contributed by atoms with van der Waals surface area (Å²) in [6, 6.07) is 9.48. The van der Waals surface area contributed by atoms with Crippen molar-refractivity contribution >= 4 is 11.6 Å². The minimum absolute atomic E-state index is 0.0565. The van der Waals surface area contributed by atoms with Crippen molar-refractivity contribution in [1.82, 2.24) is 19.9 Å². The smallest absolute Gasteiger partial charge is 0.254 e. The van der Waals surface area contributed by atoms with Gasteiger partial charge in [-0.05, 0) is 36.2 Å². The third-order valence-electron chi connectivity index (χ3n) is 4.73. The van der Waals surface area contributed by atoms with Crippen LogP contribution < -0.4 is 10.3 Å². The number of ether oxygens (including phenoxy) is 1. The SMILES string of the molecule is COc1ccc(CN2CCc3c(nc(-c4ccncc4)[nH]c3=O)C2)cc1Cl. The second-order valence-corrected chi connectivity index (χ2v) is 6.91. The zero-order valence-corrected chi connectivity index (χ0v) is 15.7. The van der Waals surface area contributed by atoms with Gasteiger partial charge < -0.3 is 9.72 Å². The number of rotatable bonds is 4. The van der Waals surface area contributed by atoms with E-state index < -0.39 is 0 Å². The number of H-pyrrole nitrogens is 1. The molecular weight excluding hydrogens is 364 g/mol. The minimum Gasteiger partial charge on any atom is -0.495 e. The van der Waals surface area contributed by atoms with Crippen LogP contribution in [0.25, 0.3) is 11.4 Å². The van der Waals surface area contributed by atoms with E-state index in [2.05, 4.69) is 14.9 Å². The third kappa shape index (κ3) is 3.72. The van der Waals surface area contributed by atoms with Gasteiger partial charge in [-0.1, -0.05) is 17.7 Å². The molecular formula is C20H19ClN4O2. The molecule has 0 fully saturated rings. The monoisotopic (exact) mass is 382 g/mol. The number of aromatic amines is 1. The Hall–Kier alpha value is -2.70. The van der Waals surface area contributed by atoms with Gasteiger partial charge in [0.2, 0.25) is 0 Å². The first-order valence-corrected chi connectivity index (χ1v) is 9.09. The molecule has 0 saturated heterocycles. The maximum Gasteiger partial charge on any atom is 0.254 e. The molecule has 6 nitrogen and oxygen atoms in total. The maximum absolute atomic E-state index is 12.5. The number of hydrogen-bond donors (Lipinski definition) is 1. The first kappa shape index (κ1) is 17.7. The number of nitrogens with zero attached hydrogens (tertiary/aromatic N) is 3. The van der Waals surface area contributed by atoms with E-state index in [4.69, 9.17) is 21.3 Å². The fourth-order valence-corrected chi connectivity index (χ4v) is 3.62. The van der Waals surface area contributed by atoms with Gasteiger partial charge in [-0.25, -0.2) is 4.98 Å². The molecule has 0 spiro atoms. The molecule has 1 N–H and O–H groups in total. The molecule has 4 rings (SSSR count). The zero-order valence-electron chi connectivity index (χ0n) is 14.9. The lowest BCUT2D eigenvalue weighted by atomic mass is 10.0. The van der Waals surface area contributed by atoms with Crippen LogP contribution in [0.5, 0.6) is 5.75 Å². The molecule has 0 unspecified atom stereocenters. The van der Waals surface area contributed by atoms with Crippen LogP contribution in [0.2, 0.25) is 5.02 Å². The fraction of sp³-hybridized carbons (Fsp3) is 0.250. The molecule has 2 aromatic heterocycles. The highest BCUT2D eigenvalue weighted by atomic mass is 35.5. The summed E-state index contributed by atoms with van der Waals surface area (Å²) in [6.45, 7) is 2.17. The van der Waals surface area contributed by atoms with Crippen LogP contribution in [0.15, 0.2) is 47.5 Å². The van der Waals surface area contributed by atoms with Crippen LogP contribution in [-0.4, -0.2) is 33.5 Å². The highest BCUT2D eigenvalue weighted by Crippen LogP contribution is 2.26. The molecule has 0 saturated carbocycles. The lowest BCUT2D eigenvalue weighted by Gasteiger charge is -2.27. The predicted octanol–water partition coefficient (Wildman–Crippen LogP) is 3.05. The van der Waals surface area contributed by atoms with E-state index in [-0.39, 0.29) is 5.56 Å². The normalized spacial score (nSPS) is 14.0. The number of hydrogen-bond acceptors (Lipinski definition) is 5. The number of methoxy groups -OCH3 is 1. The van der Waals surface area contributed by atoms with Crippen molar-refractivity contribution in [3.63, 3.8) is 0 Å². The average Bonchev–Trinajstić information content (AvgIpc) is 2.68. The Kier molecular flexibility index (Phi) is 4.92. The number of benzene rings is 1. The van der Waals surface area contributed by atoms with Crippen LogP contribution >= 0.6 is 11.6 Å². The van der Waals surface area contributed by atoms with Crippen LogP contribution in [0.1, 0.15) is 16.8 Å². The van der Waals surface area contributed by atoms with Gasteiger partial charge in [0, 0.05) is 43.2 Å². The van der Waals surface area contributed by atoms with E-state index in [0.717, 1.165) is 35.5 Å². The molecule has 3 heterocycles. The molecule has 0 amide bonds. The summed E-state index contributed by atoms with van der Waals surface area (Å²) >= 11 is 6.23. The number of halogens is 1. The van der Waals surface area contributed by atoms with Crippen molar-refractivity contribution in [2.24, 2.45) is 0 Å². The average molecular weight is 383 g/mol. The zero-order chi connectivity index (χ0) is 18.8. The summed E-state index contributed by atoms with van der Waals surface area (Å²) in [6.07, 6.45) is 4.06. The Morgan fingerprint density at radius 3 is 2.81 bits per heavy atom. The standard InChI is InChI=1S/C20H19ClN4O2/c1-27-18-3-2-13(10-16(18)21)11-25-9-6-15-17(12-25)23-19(24-20(15)26)14-4-7-22-8-5-14/h2-5,7-8,10H,6,9,11-12H2,1H3,(H,23,24,26). The van der Waals surface area contributed by atoms with Crippen molar-refractivity contribution < 1.29 is 4.74 Å². The number of aromatic nitrogens is 3. The van der Waals surface area contributed by atoms with Gasteiger partial charge in [-0.3, -0.25) is 14.7 Å². The molecule has 0 radical (unpaired) electrons. The number of fused-ring (bicyclic) bond motifs is 1. The molecule has 138 valence electrons. The van der Waals surface area contributed by atoms with Gasteiger partial charge in [0.15, 0.2) is 0 Å². The van der Waals surface area contributed by atoms with Gasteiger partial charge >= 0.3 is 0 Å². The van der Waals surface area contributed by atoms with Crippen molar-refractivity contribution in [2.75, 3.05) is 13.7 Å². The molecule has 3 aromatic rings. The van der Waals surface area contributed by atoms with Crippen LogP contribution in [0.3, 0.4) is 0 Å². The Labute approximate surface area is 161 Å². The lowest BCUT2D eigenvalue weighted by molar-refractivity contribution is 0.240. The summed E-state index contributed by atoms with van der Waals surface area (Å²) in [5, 5.41) is 0.599. The van der Waals surface area contributed by atoms with Gasteiger partial charge in [0.05, 0.1) is 17.8 Å². The highest BCUT2D eigenvalue weighted by Gasteiger charge is 2.21. The third-order valence-corrected chi connectivity index (χ3v) is 5.02. The number of pyridine rings is 1. The Balaban J connectivity index is 1.58. The Morgan fingerprint density at radius 1 is 1.26 bits per heavy atom. The highest BCUT2D eigenvalue weighted by molar-refractivity contribution is 6.32. The molecule has 0 aliphatic carbocycles. The van der Waals surface area contributed by atoms with E-state index in [1.807, 2.05) is 30.3 Å². The Bertz CT molecular complexity index is 1020. The summed E-state index contributed by atoms with van der Waals surface area (Å²) in [4.78, 5) is 26.4. The van der Waals surface area contributed by atoms with E-state index in [9.17, 15) is 4.79 Å². The van der Waals surface area contributed by atoms with Crippen molar-refractivity contribution in [2.45, 2.75) is 19.5 Å². The second kappa shape index (κ2) is 7.50. The molecule has 27 heavy (non-hydrogen) atoms. The molecule has 1 aromatic carbocycles. The topological polar surface area (TPSA) is 71.1 Å². The lowest BCUT2D eigenvalue weighted by Crippen LogP contribution is -2.35. The maximum atomic E-state index is 12.5. The van der Waals surface area contributed by atoms with Crippen LogP contribution in [0.4, 0.5) is 0 Å². The molecule has 1 aliphatic heterocycles. The van der Waals surface area contributed by atoms with E-state index in [0.29, 0.717) is 29.6 Å². The van der Waals surface area contributed by atoms with Crippen LogP contribution in [0, 0.1) is 0 Å². The quantitative estimate of drug-likeness (QED) is 0.750. The van der Waals surface area contributed by atoms with E-state index in [1.165, 1.54) is 0 Å². The molecule has 7 heteroatoms. The molecule has 0 bridgehead atoms. The van der Waals surface area contributed by atoms with Crippen molar-refractivity contribution in [1.29, 1.82) is 0 Å². The minimum atomic E-state index is -0.0565. The summed E-state index contributed by atoms with van der Waals surface area (Å²) in [7, 11) is 1.60. The summed E-state index contributed by atoms with van der Waals surface area (Å²) < 4.78 is 5.21. The Morgan fingerprint density at radius 2 is 2.07 bits per heavy atom. The molecule has 0 atom stereocenters. The van der Waals surface area contributed by atoms with Gasteiger partial charge in [-0.15, -0.1) is 0 Å². The second-order valence-electron chi connectivity index (χ2n) is 6.51. The summed E-state index contributed by atoms with van der Waals surface area (Å²) in [5.74, 6) is 1.25. The van der Waals surface area contributed by atoms with Gasteiger partial charge in [0.1, 0.15) is 11.6 Å². The van der Waals surface area contributed by atoms with Crippen molar-refractivity contribution in [3.8, 4) is 17.1 Å². The van der Waals surface area contributed by atoms with E-state index in [1.54, 1.807) is 19.5 Å². The van der Waals surface area contributed by atoms with Crippen molar-refractivity contribution in [3.05, 3.63) is 74.9 Å². The van der Waals surface area contributed by atoms with E-state index >= 15 is 0 Å². The first-order valence-electron chi connectivity index (χ1n) is 8.71. The van der Waals surface area contributed by atoms with Gasteiger partial charge in [0.25, 0.3) is 5.56 Å². The predicted molar refractivity (Wildman–Crippen MR) is 104 cm³/mol. The summed E-state index contributed by atoms with van der Waals surface area (Å²) in [5.41, 5.74) is 3.50. The first-order chi connectivity index (χ1) is 13.1. The number of nitrogens with one attached hydrogen (secondary N) is 1.